The summed E-state index contributed by atoms with van der Waals surface area (Å²) in [5.74, 6) is 1.51. The predicted octanol–water partition coefficient (Wildman–Crippen LogP) is 2.60. The summed E-state index contributed by atoms with van der Waals surface area (Å²) >= 11 is 0. The first kappa shape index (κ1) is 15.4. The highest BCUT2D eigenvalue weighted by Gasteiger charge is 2.05. The van der Waals surface area contributed by atoms with E-state index in [1.165, 1.54) is 5.69 Å². The average Bonchev–Trinajstić information content (AvgIpc) is 2.95. The lowest BCUT2D eigenvalue weighted by molar-refractivity contribution is 0.354. The molecule has 1 aromatic carbocycles. The van der Waals surface area contributed by atoms with Gasteiger partial charge in [-0.1, -0.05) is 13.0 Å². The number of benzene rings is 1. The number of aryl methyl sites for hydroxylation is 1. The van der Waals surface area contributed by atoms with E-state index in [9.17, 15) is 0 Å². The maximum atomic E-state index is 5.31. The zero-order chi connectivity index (χ0) is 15.1. The van der Waals surface area contributed by atoms with Crippen LogP contribution in [0.2, 0.25) is 0 Å². The fraction of sp³-hybridized carbons (Fsp3) is 0.438. The smallest absolute Gasteiger partial charge is 0.161 e. The first-order chi connectivity index (χ1) is 10.3. The lowest BCUT2D eigenvalue weighted by Crippen LogP contribution is -2.15. The lowest BCUT2D eigenvalue weighted by Gasteiger charge is -2.11. The third-order valence-corrected chi connectivity index (χ3v) is 3.35. The van der Waals surface area contributed by atoms with Crippen LogP contribution in [-0.2, 0) is 19.6 Å². The Kier molecular flexibility index (Phi) is 5.63. The minimum atomic E-state index is 0.752. The molecule has 5 heteroatoms. The van der Waals surface area contributed by atoms with Crippen molar-refractivity contribution in [3.8, 4) is 11.5 Å². The third-order valence-electron chi connectivity index (χ3n) is 3.35. The Balaban J connectivity index is 1.92. The van der Waals surface area contributed by atoms with Crippen LogP contribution in [-0.4, -0.2) is 23.8 Å². The van der Waals surface area contributed by atoms with E-state index in [2.05, 4.69) is 21.8 Å². The molecule has 2 aromatic rings. The standard InChI is InChI=1S/C16H23N3O2/c1-4-7-19-12-18-11-14(19)10-17-9-13-5-6-15(20-2)16(8-13)21-3/h5-6,8,11-12,17H,4,7,9-10H2,1-3H3. The van der Waals surface area contributed by atoms with Crippen LogP contribution in [0.15, 0.2) is 30.7 Å². The molecule has 0 atom stereocenters. The van der Waals surface area contributed by atoms with Crippen molar-refractivity contribution < 1.29 is 9.47 Å². The number of nitrogens with one attached hydrogen (secondary N) is 1. The van der Waals surface area contributed by atoms with Gasteiger partial charge in [0.2, 0.25) is 0 Å². The number of rotatable bonds is 8. The highest BCUT2D eigenvalue weighted by atomic mass is 16.5. The molecule has 1 N–H and O–H groups in total. The Morgan fingerprint density at radius 1 is 1.14 bits per heavy atom. The largest absolute Gasteiger partial charge is 0.493 e. The molecule has 114 valence electrons. The highest BCUT2D eigenvalue weighted by molar-refractivity contribution is 5.42. The second-order valence-corrected chi connectivity index (χ2v) is 4.87. The second-order valence-electron chi connectivity index (χ2n) is 4.87. The van der Waals surface area contributed by atoms with E-state index in [-0.39, 0.29) is 0 Å². The summed E-state index contributed by atoms with van der Waals surface area (Å²) in [5.41, 5.74) is 2.37. The van der Waals surface area contributed by atoms with Crippen molar-refractivity contribution in [2.24, 2.45) is 0 Å². The number of methoxy groups -OCH3 is 2. The molecular formula is C16H23N3O2. The Labute approximate surface area is 125 Å². The van der Waals surface area contributed by atoms with Gasteiger partial charge in [0.15, 0.2) is 11.5 Å². The van der Waals surface area contributed by atoms with Crippen LogP contribution < -0.4 is 14.8 Å². The van der Waals surface area contributed by atoms with Crippen LogP contribution in [0.25, 0.3) is 0 Å². The summed E-state index contributed by atoms with van der Waals surface area (Å²) in [6.45, 7) is 4.75. The summed E-state index contributed by atoms with van der Waals surface area (Å²) in [5, 5.41) is 3.43. The molecule has 0 aliphatic carbocycles. The molecule has 0 spiro atoms. The third kappa shape index (κ3) is 3.98. The summed E-state index contributed by atoms with van der Waals surface area (Å²) in [7, 11) is 3.29. The molecule has 5 nitrogen and oxygen atoms in total. The molecule has 0 fully saturated rings. The number of nitrogens with zero attached hydrogens (tertiary/aromatic N) is 2. The van der Waals surface area contributed by atoms with Gasteiger partial charge in [-0.15, -0.1) is 0 Å². The van der Waals surface area contributed by atoms with Crippen LogP contribution in [0.1, 0.15) is 24.6 Å². The predicted molar refractivity (Wildman–Crippen MR) is 82.6 cm³/mol. The second kappa shape index (κ2) is 7.69. The van der Waals surface area contributed by atoms with Gasteiger partial charge in [-0.2, -0.15) is 0 Å². The van der Waals surface area contributed by atoms with Crippen molar-refractivity contribution in [2.45, 2.75) is 33.0 Å². The number of aromatic nitrogens is 2. The van der Waals surface area contributed by atoms with E-state index in [1.807, 2.05) is 30.7 Å². The van der Waals surface area contributed by atoms with E-state index in [0.29, 0.717) is 0 Å². The van der Waals surface area contributed by atoms with E-state index in [0.717, 1.165) is 43.1 Å². The number of hydrogen-bond acceptors (Lipinski definition) is 4. The molecule has 0 amide bonds. The lowest BCUT2D eigenvalue weighted by atomic mass is 10.2. The van der Waals surface area contributed by atoms with Gasteiger partial charge in [-0.05, 0) is 24.1 Å². The van der Waals surface area contributed by atoms with Crippen molar-refractivity contribution >= 4 is 0 Å². The fourth-order valence-corrected chi connectivity index (χ4v) is 2.26. The van der Waals surface area contributed by atoms with Gasteiger partial charge in [0.05, 0.1) is 26.2 Å². The van der Waals surface area contributed by atoms with Crippen LogP contribution in [0, 0.1) is 0 Å². The summed E-state index contributed by atoms with van der Waals surface area (Å²) < 4.78 is 12.7. The Morgan fingerprint density at radius 2 is 1.95 bits per heavy atom. The average molecular weight is 289 g/mol. The van der Waals surface area contributed by atoms with Crippen molar-refractivity contribution in [3.05, 3.63) is 42.0 Å². The summed E-state index contributed by atoms with van der Waals surface area (Å²) in [6, 6.07) is 5.96. The Bertz CT molecular complexity index is 566. The quantitative estimate of drug-likeness (QED) is 0.811. The van der Waals surface area contributed by atoms with Gasteiger partial charge in [0, 0.05) is 25.8 Å². The Hall–Kier alpha value is -2.01. The summed E-state index contributed by atoms with van der Waals surface area (Å²) in [4.78, 5) is 4.20. The van der Waals surface area contributed by atoms with Gasteiger partial charge in [-0.3, -0.25) is 0 Å². The minimum absolute atomic E-state index is 0.752. The topological polar surface area (TPSA) is 48.3 Å². The van der Waals surface area contributed by atoms with Gasteiger partial charge in [-0.25, -0.2) is 4.98 Å². The first-order valence-electron chi connectivity index (χ1n) is 7.19. The normalized spacial score (nSPS) is 10.6. The molecule has 0 saturated heterocycles. The van der Waals surface area contributed by atoms with Crippen molar-refractivity contribution in [3.63, 3.8) is 0 Å². The van der Waals surface area contributed by atoms with Crippen LogP contribution >= 0.6 is 0 Å². The van der Waals surface area contributed by atoms with E-state index >= 15 is 0 Å². The first-order valence-corrected chi connectivity index (χ1v) is 7.19. The molecular weight excluding hydrogens is 266 g/mol. The molecule has 0 radical (unpaired) electrons. The van der Waals surface area contributed by atoms with E-state index in [1.54, 1.807) is 14.2 Å². The maximum Gasteiger partial charge on any atom is 0.161 e. The van der Waals surface area contributed by atoms with Crippen molar-refractivity contribution in [2.75, 3.05) is 14.2 Å². The minimum Gasteiger partial charge on any atom is -0.493 e. The monoisotopic (exact) mass is 289 g/mol. The Morgan fingerprint density at radius 3 is 2.67 bits per heavy atom. The number of imidazole rings is 1. The zero-order valence-corrected chi connectivity index (χ0v) is 12.9. The molecule has 1 aromatic heterocycles. The molecule has 0 saturated carbocycles. The van der Waals surface area contributed by atoms with Crippen LogP contribution in [0.3, 0.4) is 0 Å². The molecule has 21 heavy (non-hydrogen) atoms. The zero-order valence-electron chi connectivity index (χ0n) is 12.9. The van der Waals surface area contributed by atoms with Crippen LogP contribution in [0.4, 0.5) is 0 Å². The molecule has 1 heterocycles. The summed E-state index contributed by atoms with van der Waals surface area (Å²) in [6.07, 6.45) is 4.91. The molecule has 0 aliphatic heterocycles. The molecule has 0 bridgehead atoms. The van der Waals surface area contributed by atoms with Crippen molar-refractivity contribution in [1.29, 1.82) is 0 Å². The van der Waals surface area contributed by atoms with Crippen LogP contribution in [0.5, 0.6) is 11.5 Å². The number of hydrogen-bond donors (Lipinski definition) is 1. The van der Waals surface area contributed by atoms with Gasteiger partial charge >= 0.3 is 0 Å². The van der Waals surface area contributed by atoms with Crippen molar-refractivity contribution in [1.82, 2.24) is 14.9 Å². The van der Waals surface area contributed by atoms with E-state index in [4.69, 9.17) is 9.47 Å². The SMILES string of the molecule is CCCn1cncc1CNCc1ccc(OC)c(OC)c1. The van der Waals surface area contributed by atoms with Gasteiger partial charge < -0.3 is 19.4 Å². The molecule has 2 rings (SSSR count). The van der Waals surface area contributed by atoms with Gasteiger partial charge in [0.1, 0.15) is 0 Å². The molecule has 0 aliphatic rings. The van der Waals surface area contributed by atoms with E-state index < -0.39 is 0 Å². The highest BCUT2D eigenvalue weighted by Crippen LogP contribution is 2.27. The van der Waals surface area contributed by atoms with Gasteiger partial charge in [0.25, 0.3) is 0 Å². The number of ether oxygens (including phenoxy) is 2. The molecule has 0 unspecified atom stereocenters. The fourth-order valence-electron chi connectivity index (χ4n) is 2.26. The maximum absolute atomic E-state index is 5.31.